The molecule has 0 aliphatic carbocycles. The Morgan fingerprint density at radius 1 is 1.03 bits per heavy atom. The summed E-state index contributed by atoms with van der Waals surface area (Å²) in [6.45, 7) is 3.02. The standard InChI is InChI=1S/C22H23FN6/c1-3-4-14-28(2)22-26-20(25-17-12-10-16(23)11-13-17)19-15-24-29(21(19)27-22)18-8-6-5-7-9-18/h5-13,15H,3-4,14H2,1-2H3,(H,25,26,27). The van der Waals surface area contributed by atoms with Crippen LogP contribution in [0.3, 0.4) is 0 Å². The van der Waals surface area contributed by atoms with Crippen LogP contribution in [0.1, 0.15) is 19.8 Å². The average Bonchev–Trinajstić information content (AvgIpc) is 3.18. The third-order valence-corrected chi connectivity index (χ3v) is 4.71. The van der Waals surface area contributed by atoms with Crippen molar-refractivity contribution in [3.63, 3.8) is 0 Å². The van der Waals surface area contributed by atoms with Gasteiger partial charge < -0.3 is 10.2 Å². The van der Waals surface area contributed by atoms with E-state index in [9.17, 15) is 4.39 Å². The number of hydrogen-bond acceptors (Lipinski definition) is 5. The molecule has 0 aliphatic heterocycles. The third-order valence-electron chi connectivity index (χ3n) is 4.71. The number of nitrogens with zero attached hydrogens (tertiary/aromatic N) is 5. The second-order valence-electron chi connectivity index (χ2n) is 6.91. The second kappa shape index (κ2) is 8.26. The summed E-state index contributed by atoms with van der Waals surface area (Å²) < 4.78 is 15.1. The summed E-state index contributed by atoms with van der Waals surface area (Å²) in [4.78, 5) is 11.6. The van der Waals surface area contributed by atoms with Crippen LogP contribution in [-0.4, -0.2) is 33.3 Å². The van der Waals surface area contributed by atoms with Crippen molar-refractivity contribution in [2.75, 3.05) is 23.8 Å². The minimum absolute atomic E-state index is 0.278. The van der Waals surface area contributed by atoms with E-state index in [-0.39, 0.29) is 5.82 Å². The monoisotopic (exact) mass is 390 g/mol. The van der Waals surface area contributed by atoms with Crippen LogP contribution < -0.4 is 10.2 Å². The van der Waals surface area contributed by atoms with Gasteiger partial charge in [-0.15, -0.1) is 0 Å². The maximum Gasteiger partial charge on any atom is 0.229 e. The highest BCUT2D eigenvalue weighted by molar-refractivity contribution is 5.90. The van der Waals surface area contributed by atoms with E-state index in [2.05, 4.69) is 17.3 Å². The van der Waals surface area contributed by atoms with Gasteiger partial charge in [0.05, 0.1) is 17.3 Å². The van der Waals surface area contributed by atoms with E-state index < -0.39 is 0 Å². The summed E-state index contributed by atoms with van der Waals surface area (Å²) >= 11 is 0. The molecular weight excluding hydrogens is 367 g/mol. The molecule has 0 bridgehead atoms. The molecule has 2 heterocycles. The number of rotatable bonds is 7. The fourth-order valence-electron chi connectivity index (χ4n) is 3.09. The third kappa shape index (κ3) is 4.03. The van der Waals surface area contributed by atoms with Crippen molar-refractivity contribution in [1.82, 2.24) is 19.7 Å². The number of halogens is 1. The van der Waals surface area contributed by atoms with Gasteiger partial charge in [-0.2, -0.15) is 15.1 Å². The number of unbranched alkanes of at least 4 members (excludes halogenated alkanes) is 1. The Hall–Kier alpha value is -3.48. The Bertz CT molecular complexity index is 1090. The van der Waals surface area contributed by atoms with Crippen molar-refractivity contribution in [2.24, 2.45) is 0 Å². The number of hydrogen-bond donors (Lipinski definition) is 1. The lowest BCUT2D eigenvalue weighted by Gasteiger charge is -2.18. The van der Waals surface area contributed by atoms with Gasteiger partial charge in [0.1, 0.15) is 11.6 Å². The van der Waals surface area contributed by atoms with E-state index in [1.54, 1.807) is 18.3 Å². The Balaban J connectivity index is 1.82. The minimum atomic E-state index is -0.278. The largest absolute Gasteiger partial charge is 0.344 e. The van der Waals surface area contributed by atoms with Gasteiger partial charge in [-0.25, -0.2) is 9.07 Å². The van der Waals surface area contributed by atoms with Crippen LogP contribution in [0.25, 0.3) is 16.7 Å². The number of anilines is 3. The Kier molecular flexibility index (Phi) is 5.37. The first-order chi connectivity index (χ1) is 14.2. The molecule has 0 aliphatic rings. The molecule has 0 amide bonds. The molecule has 0 spiro atoms. The van der Waals surface area contributed by atoms with Gasteiger partial charge in [0.15, 0.2) is 5.65 Å². The smallest absolute Gasteiger partial charge is 0.229 e. The first-order valence-corrected chi connectivity index (χ1v) is 9.70. The highest BCUT2D eigenvalue weighted by Crippen LogP contribution is 2.28. The minimum Gasteiger partial charge on any atom is -0.344 e. The van der Waals surface area contributed by atoms with Crippen molar-refractivity contribution in [2.45, 2.75) is 19.8 Å². The van der Waals surface area contributed by atoms with E-state index in [4.69, 9.17) is 9.97 Å². The zero-order valence-corrected chi connectivity index (χ0v) is 16.5. The average molecular weight is 390 g/mol. The molecule has 0 saturated carbocycles. The Labute approximate surface area is 169 Å². The molecule has 4 rings (SSSR count). The summed E-state index contributed by atoms with van der Waals surface area (Å²) in [5.74, 6) is 0.982. The summed E-state index contributed by atoms with van der Waals surface area (Å²) in [6.07, 6.45) is 3.90. The first-order valence-electron chi connectivity index (χ1n) is 9.70. The number of para-hydroxylation sites is 1. The van der Waals surface area contributed by atoms with Crippen LogP contribution in [0, 0.1) is 5.82 Å². The summed E-state index contributed by atoms with van der Waals surface area (Å²) in [6, 6.07) is 16.1. The molecule has 0 saturated heterocycles. The van der Waals surface area contributed by atoms with Gasteiger partial charge >= 0.3 is 0 Å². The van der Waals surface area contributed by atoms with Crippen LogP contribution in [0.15, 0.2) is 60.8 Å². The van der Waals surface area contributed by atoms with Crippen molar-refractivity contribution >= 4 is 28.5 Å². The van der Waals surface area contributed by atoms with Crippen LogP contribution >= 0.6 is 0 Å². The molecule has 0 radical (unpaired) electrons. The number of aromatic nitrogens is 4. The predicted octanol–water partition coefficient (Wildman–Crippen LogP) is 4.93. The maximum atomic E-state index is 13.3. The molecule has 7 heteroatoms. The van der Waals surface area contributed by atoms with E-state index in [1.165, 1.54) is 12.1 Å². The SMILES string of the molecule is CCCCN(C)c1nc(Nc2ccc(F)cc2)c2cnn(-c3ccccc3)c2n1. The molecule has 1 N–H and O–H groups in total. The summed E-state index contributed by atoms with van der Waals surface area (Å²) in [7, 11) is 1.99. The summed E-state index contributed by atoms with van der Waals surface area (Å²) in [5.41, 5.74) is 2.39. The summed E-state index contributed by atoms with van der Waals surface area (Å²) in [5, 5.41) is 8.63. The van der Waals surface area contributed by atoms with Crippen molar-refractivity contribution in [3.8, 4) is 5.69 Å². The highest BCUT2D eigenvalue weighted by Gasteiger charge is 2.16. The lowest BCUT2D eigenvalue weighted by molar-refractivity contribution is 0.628. The van der Waals surface area contributed by atoms with Gasteiger partial charge in [-0.3, -0.25) is 0 Å². The first kappa shape index (κ1) is 18.9. The van der Waals surface area contributed by atoms with Crippen LogP contribution in [0.5, 0.6) is 0 Å². The van der Waals surface area contributed by atoms with Gasteiger partial charge in [0.2, 0.25) is 5.95 Å². The van der Waals surface area contributed by atoms with E-state index in [1.807, 2.05) is 47.0 Å². The van der Waals surface area contributed by atoms with Gasteiger partial charge in [0, 0.05) is 19.3 Å². The normalized spacial score (nSPS) is 11.0. The zero-order chi connectivity index (χ0) is 20.2. The molecule has 0 unspecified atom stereocenters. The second-order valence-corrected chi connectivity index (χ2v) is 6.91. The molecule has 6 nitrogen and oxygen atoms in total. The quantitative estimate of drug-likeness (QED) is 0.485. The van der Waals surface area contributed by atoms with E-state index in [0.717, 1.165) is 36.1 Å². The lowest BCUT2D eigenvalue weighted by Crippen LogP contribution is -2.21. The predicted molar refractivity (Wildman–Crippen MR) is 115 cm³/mol. The number of fused-ring (bicyclic) bond motifs is 1. The Morgan fingerprint density at radius 2 is 1.79 bits per heavy atom. The fourth-order valence-corrected chi connectivity index (χ4v) is 3.09. The molecule has 0 fully saturated rings. The van der Waals surface area contributed by atoms with Crippen LogP contribution in [0.2, 0.25) is 0 Å². The van der Waals surface area contributed by atoms with Crippen molar-refractivity contribution in [1.29, 1.82) is 0 Å². The zero-order valence-electron chi connectivity index (χ0n) is 16.5. The molecule has 29 heavy (non-hydrogen) atoms. The van der Waals surface area contributed by atoms with Gasteiger partial charge in [-0.05, 0) is 42.8 Å². The van der Waals surface area contributed by atoms with Gasteiger partial charge in [-0.1, -0.05) is 31.5 Å². The number of benzene rings is 2. The van der Waals surface area contributed by atoms with Crippen LogP contribution in [0.4, 0.5) is 21.8 Å². The fraction of sp³-hybridized carbons (Fsp3) is 0.227. The van der Waals surface area contributed by atoms with Crippen molar-refractivity contribution in [3.05, 3.63) is 66.6 Å². The Morgan fingerprint density at radius 3 is 2.52 bits per heavy atom. The van der Waals surface area contributed by atoms with E-state index >= 15 is 0 Å². The molecule has 2 aromatic carbocycles. The molecule has 0 atom stereocenters. The van der Waals surface area contributed by atoms with Crippen molar-refractivity contribution < 1.29 is 4.39 Å². The molecular formula is C22H23FN6. The van der Waals surface area contributed by atoms with E-state index in [0.29, 0.717) is 17.4 Å². The van der Waals surface area contributed by atoms with Crippen LogP contribution in [-0.2, 0) is 0 Å². The number of nitrogens with one attached hydrogen (secondary N) is 1. The van der Waals surface area contributed by atoms with Gasteiger partial charge in [0.25, 0.3) is 0 Å². The topological polar surface area (TPSA) is 58.9 Å². The highest BCUT2D eigenvalue weighted by atomic mass is 19.1. The molecule has 2 aromatic heterocycles. The molecule has 148 valence electrons. The lowest BCUT2D eigenvalue weighted by atomic mass is 10.3. The molecule has 4 aromatic rings. The maximum absolute atomic E-state index is 13.3.